The minimum atomic E-state index is 0.497. The van der Waals surface area contributed by atoms with Gasteiger partial charge in [0.25, 0.3) is 0 Å². The Balaban J connectivity index is 2.02. The maximum absolute atomic E-state index is 5.88. The van der Waals surface area contributed by atoms with Crippen LogP contribution in [0.3, 0.4) is 0 Å². The highest BCUT2D eigenvalue weighted by Gasteiger charge is 2.18. The maximum Gasteiger partial charge on any atom is 0.121 e. The number of nitrogens with two attached hydrogens (primary N) is 1. The Kier molecular flexibility index (Phi) is 3.26. The highest BCUT2D eigenvalue weighted by molar-refractivity contribution is 5.26. The minimum Gasteiger partial charge on any atom is -0.384 e. The number of aromatic nitrogens is 2. The molecular weight excluding hydrogens is 188 g/mol. The highest BCUT2D eigenvalue weighted by Crippen LogP contribution is 2.23. The molecule has 0 aromatic carbocycles. The third kappa shape index (κ3) is 2.31. The summed E-state index contributed by atoms with van der Waals surface area (Å²) >= 11 is 0. The molecule has 0 amide bonds. The zero-order valence-corrected chi connectivity index (χ0v) is 9.39. The van der Waals surface area contributed by atoms with E-state index in [2.05, 4.69) is 16.9 Å². The Morgan fingerprint density at radius 3 is 3.00 bits per heavy atom. The van der Waals surface area contributed by atoms with E-state index in [1.165, 1.54) is 32.4 Å². The molecule has 0 bridgehead atoms. The van der Waals surface area contributed by atoms with Crippen molar-refractivity contribution in [1.29, 1.82) is 0 Å². The molecule has 84 valence electrons. The van der Waals surface area contributed by atoms with Crippen molar-refractivity contribution in [2.24, 2.45) is 0 Å². The Morgan fingerprint density at radius 1 is 1.47 bits per heavy atom. The Labute approximate surface area is 91.1 Å². The van der Waals surface area contributed by atoms with Crippen LogP contribution in [0.15, 0.2) is 12.3 Å². The summed E-state index contributed by atoms with van der Waals surface area (Å²) in [5, 5.41) is 4.31. The van der Waals surface area contributed by atoms with E-state index in [0.29, 0.717) is 6.04 Å². The zero-order valence-electron chi connectivity index (χ0n) is 9.39. The molecule has 0 aliphatic carbocycles. The van der Waals surface area contributed by atoms with Crippen molar-refractivity contribution in [1.82, 2.24) is 14.7 Å². The fourth-order valence-electron chi connectivity index (χ4n) is 2.33. The predicted molar refractivity (Wildman–Crippen MR) is 61.6 cm³/mol. The highest BCUT2D eigenvalue weighted by atomic mass is 15.3. The average Bonchev–Trinajstić information content (AvgIpc) is 2.54. The van der Waals surface area contributed by atoms with Gasteiger partial charge >= 0.3 is 0 Å². The molecule has 1 unspecified atom stereocenters. The molecule has 1 saturated heterocycles. The molecule has 15 heavy (non-hydrogen) atoms. The number of hydrogen-bond acceptors (Lipinski definition) is 3. The molecule has 1 aromatic heterocycles. The predicted octanol–water partition coefficient (Wildman–Crippen LogP) is 1.51. The van der Waals surface area contributed by atoms with E-state index in [9.17, 15) is 0 Å². The van der Waals surface area contributed by atoms with Crippen LogP contribution >= 0.6 is 0 Å². The lowest BCUT2D eigenvalue weighted by atomic mass is 10.1. The van der Waals surface area contributed by atoms with Crippen molar-refractivity contribution in [3.05, 3.63) is 12.3 Å². The largest absolute Gasteiger partial charge is 0.384 e. The molecule has 1 atom stereocenters. The third-order valence-corrected chi connectivity index (χ3v) is 3.28. The van der Waals surface area contributed by atoms with Crippen LogP contribution in [0, 0.1) is 0 Å². The van der Waals surface area contributed by atoms with Crippen LogP contribution in [0.25, 0.3) is 0 Å². The van der Waals surface area contributed by atoms with E-state index in [-0.39, 0.29) is 0 Å². The molecule has 1 aliphatic heterocycles. The van der Waals surface area contributed by atoms with E-state index in [0.717, 1.165) is 12.4 Å². The van der Waals surface area contributed by atoms with Gasteiger partial charge in [-0.05, 0) is 38.4 Å². The number of hydrogen-bond donors (Lipinski definition) is 1. The van der Waals surface area contributed by atoms with Crippen LogP contribution in [-0.4, -0.2) is 34.3 Å². The van der Waals surface area contributed by atoms with Crippen molar-refractivity contribution in [3.8, 4) is 0 Å². The van der Waals surface area contributed by atoms with Gasteiger partial charge in [0.2, 0.25) is 0 Å². The standard InChI is InChI=1S/C11H20N4/c1-2-14-8-3-4-10(6-9-14)15-11(12)5-7-13-15/h5,7,10H,2-4,6,8-9,12H2,1H3. The van der Waals surface area contributed by atoms with Crippen molar-refractivity contribution < 1.29 is 0 Å². The van der Waals surface area contributed by atoms with Crippen LogP contribution in [0.1, 0.15) is 32.2 Å². The van der Waals surface area contributed by atoms with Crippen molar-refractivity contribution in [2.75, 3.05) is 25.4 Å². The molecule has 1 aromatic rings. The van der Waals surface area contributed by atoms with Gasteiger partial charge in [0.1, 0.15) is 5.82 Å². The number of likely N-dealkylation sites (tertiary alicyclic amines) is 1. The second kappa shape index (κ2) is 4.66. The summed E-state index contributed by atoms with van der Waals surface area (Å²) < 4.78 is 1.99. The number of nitrogen functional groups attached to an aromatic ring is 1. The summed E-state index contributed by atoms with van der Waals surface area (Å²) in [6.07, 6.45) is 5.40. The monoisotopic (exact) mass is 208 g/mol. The van der Waals surface area contributed by atoms with Gasteiger partial charge in [-0.25, -0.2) is 4.68 Å². The quantitative estimate of drug-likeness (QED) is 0.801. The molecular formula is C11H20N4. The number of anilines is 1. The van der Waals surface area contributed by atoms with Gasteiger partial charge in [-0.15, -0.1) is 0 Å². The van der Waals surface area contributed by atoms with Gasteiger partial charge in [-0.1, -0.05) is 6.92 Å². The first-order valence-corrected chi connectivity index (χ1v) is 5.82. The van der Waals surface area contributed by atoms with Crippen LogP contribution in [0.2, 0.25) is 0 Å². The van der Waals surface area contributed by atoms with Gasteiger partial charge in [0.15, 0.2) is 0 Å². The summed E-state index contributed by atoms with van der Waals surface area (Å²) in [5.41, 5.74) is 5.88. The van der Waals surface area contributed by atoms with Gasteiger partial charge in [0, 0.05) is 6.54 Å². The van der Waals surface area contributed by atoms with Crippen molar-refractivity contribution in [2.45, 2.75) is 32.2 Å². The smallest absolute Gasteiger partial charge is 0.121 e. The minimum absolute atomic E-state index is 0.497. The molecule has 4 heteroatoms. The lowest BCUT2D eigenvalue weighted by Gasteiger charge is -2.18. The van der Waals surface area contributed by atoms with E-state index in [1.807, 2.05) is 10.7 Å². The molecule has 4 nitrogen and oxygen atoms in total. The fourth-order valence-corrected chi connectivity index (χ4v) is 2.33. The normalized spacial score (nSPS) is 23.9. The number of nitrogens with zero attached hydrogens (tertiary/aromatic N) is 3. The zero-order chi connectivity index (χ0) is 10.7. The topological polar surface area (TPSA) is 47.1 Å². The van der Waals surface area contributed by atoms with E-state index in [4.69, 9.17) is 5.73 Å². The van der Waals surface area contributed by atoms with Gasteiger partial charge in [-0.3, -0.25) is 0 Å². The summed E-state index contributed by atoms with van der Waals surface area (Å²) in [7, 11) is 0. The lowest BCUT2D eigenvalue weighted by molar-refractivity contribution is 0.294. The summed E-state index contributed by atoms with van der Waals surface area (Å²) in [4.78, 5) is 2.50. The molecule has 0 radical (unpaired) electrons. The molecule has 2 rings (SSSR count). The molecule has 1 fully saturated rings. The molecule has 0 saturated carbocycles. The summed E-state index contributed by atoms with van der Waals surface area (Å²) in [6, 6.07) is 2.37. The molecule has 1 aliphatic rings. The SMILES string of the molecule is CCN1CCCC(n2nccc2N)CC1. The maximum atomic E-state index is 5.88. The second-order valence-electron chi connectivity index (χ2n) is 4.22. The molecule has 2 N–H and O–H groups in total. The van der Waals surface area contributed by atoms with Crippen LogP contribution < -0.4 is 5.73 Å². The molecule has 0 spiro atoms. The van der Waals surface area contributed by atoms with Crippen LogP contribution in [0.4, 0.5) is 5.82 Å². The van der Waals surface area contributed by atoms with E-state index < -0.39 is 0 Å². The van der Waals surface area contributed by atoms with Gasteiger partial charge < -0.3 is 10.6 Å². The van der Waals surface area contributed by atoms with Gasteiger partial charge in [-0.2, -0.15) is 5.10 Å². The Bertz CT molecular complexity index is 307. The van der Waals surface area contributed by atoms with Crippen LogP contribution in [-0.2, 0) is 0 Å². The third-order valence-electron chi connectivity index (χ3n) is 3.28. The number of rotatable bonds is 2. The summed E-state index contributed by atoms with van der Waals surface area (Å²) in [6.45, 7) is 5.76. The second-order valence-corrected chi connectivity index (χ2v) is 4.22. The van der Waals surface area contributed by atoms with Crippen molar-refractivity contribution >= 4 is 5.82 Å². The average molecular weight is 208 g/mol. The van der Waals surface area contributed by atoms with E-state index >= 15 is 0 Å². The fraction of sp³-hybridized carbons (Fsp3) is 0.727. The van der Waals surface area contributed by atoms with Gasteiger partial charge in [0.05, 0.1) is 12.2 Å². The van der Waals surface area contributed by atoms with Crippen molar-refractivity contribution in [3.63, 3.8) is 0 Å². The van der Waals surface area contributed by atoms with E-state index in [1.54, 1.807) is 6.20 Å². The molecule has 2 heterocycles. The lowest BCUT2D eigenvalue weighted by Crippen LogP contribution is -2.24. The first-order valence-electron chi connectivity index (χ1n) is 5.82. The summed E-state index contributed by atoms with van der Waals surface area (Å²) in [5.74, 6) is 0.796. The first-order chi connectivity index (χ1) is 7.31. The first kappa shape index (κ1) is 10.5. The van der Waals surface area contributed by atoms with Crippen LogP contribution in [0.5, 0.6) is 0 Å². The Morgan fingerprint density at radius 2 is 2.33 bits per heavy atom. The Hall–Kier alpha value is -1.03.